The smallest absolute Gasteiger partial charge is 0.282 e. The van der Waals surface area contributed by atoms with Gasteiger partial charge in [-0.1, -0.05) is 6.07 Å². The summed E-state index contributed by atoms with van der Waals surface area (Å²) >= 11 is 0. The van der Waals surface area contributed by atoms with Gasteiger partial charge >= 0.3 is 0 Å². The SMILES string of the molecule is OCC(F)(F)CNCC(O)c1c(F)cccc1F. The number of benzene rings is 1. The van der Waals surface area contributed by atoms with Gasteiger partial charge in [-0.25, -0.2) is 17.6 Å². The highest BCUT2D eigenvalue weighted by atomic mass is 19.3. The summed E-state index contributed by atoms with van der Waals surface area (Å²) in [5.41, 5.74) is -0.572. The molecule has 7 heteroatoms. The van der Waals surface area contributed by atoms with Crippen LogP contribution in [0.2, 0.25) is 0 Å². The molecule has 0 aliphatic heterocycles. The van der Waals surface area contributed by atoms with Gasteiger partial charge < -0.3 is 15.5 Å². The molecule has 18 heavy (non-hydrogen) atoms. The molecule has 1 aromatic carbocycles. The summed E-state index contributed by atoms with van der Waals surface area (Å²) < 4.78 is 51.7. The Morgan fingerprint density at radius 2 is 1.78 bits per heavy atom. The molecule has 102 valence electrons. The molecule has 0 radical (unpaired) electrons. The minimum atomic E-state index is -3.34. The lowest BCUT2D eigenvalue weighted by Crippen LogP contribution is -2.37. The number of hydrogen-bond acceptors (Lipinski definition) is 3. The van der Waals surface area contributed by atoms with E-state index >= 15 is 0 Å². The van der Waals surface area contributed by atoms with Crippen molar-refractivity contribution in [3.8, 4) is 0 Å². The second kappa shape index (κ2) is 6.12. The Kier molecular flexibility index (Phi) is 5.06. The van der Waals surface area contributed by atoms with Crippen LogP contribution in [0.25, 0.3) is 0 Å². The predicted octanol–water partition coefficient (Wildman–Crippen LogP) is 1.22. The van der Waals surface area contributed by atoms with Gasteiger partial charge in [0.05, 0.1) is 18.2 Å². The van der Waals surface area contributed by atoms with Crippen molar-refractivity contribution in [2.45, 2.75) is 12.0 Å². The van der Waals surface area contributed by atoms with E-state index in [0.29, 0.717) is 0 Å². The van der Waals surface area contributed by atoms with Gasteiger partial charge in [-0.3, -0.25) is 0 Å². The van der Waals surface area contributed by atoms with Gasteiger partial charge in [0.2, 0.25) is 0 Å². The third-order valence-corrected chi connectivity index (χ3v) is 2.29. The lowest BCUT2D eigenvalue weighted by Gasteiger charge is -2.17. The fourth-order valence-electron chi connectivity index (χ4n) is 1.38. The van der Waals surface area contributed by atoms with Crippen molar-refractivity contribution in [3.05, 3.63) is 35.4 Å². The molecule has 1 rings (SSSR count). The van der Waals surface area contributed by atoms with Gasteiger partial charge in [0, 0.05) is 6.54 Å². The molecule has 0 spiro atoms. The topological polar surface area (TPSA) is 52.5 Å². The van der Waals surface area contributed by atoms with E-state index in [0.717, 1.165) is 18.2 Å². The number of halogens is 4. The molecule has 0 aliphatic carbocycles. The largest absolute Gasteiger partial charge is 0.390 e. The molecule has 3 nitrogen and oxygen atoms in total. The minimum Gasteiger partial charge on any atom is -0.390 e. The van der Waals surface area contributed by atoms with E-state index in [2.05, 4.69) is 5.32 Å². The van der Waals surface area contributed by atoms with Crippen molar-refractivity contribution in [2.24, 2.45) is 0 Å². The zero-order chi connectivity index (χ0) is 13.8. The lowest BCUT2D eigenvalue weighted by molar-refractivity contribution is -0.0489. The highest BCUT2D eigenvalue weighted by Gasteiger charge is 2.27. The van der Waals surface area contributed by atoms with Gasteiger partial charge in [0.25, 0.3) is 5.92 Å². The normalized spacial score (nSPS) is 13.7. The lowest BCUT2D eigenvalue weighted by atomic mass is 10.1. The monoisotopic (exact) mass is 267 g/mol. The molecule has 3 N–H and O–H groups in total. The summed E-state index contributed by atoms with van der Waals surface area (Å²) in [6, 6.07) is 3.06. The van der Waals surface area contributed by atoms with Gasteiger partial charge in [0.15, 0.2) is 0 Å². The van der Waals surface area contributed by atoms with E-state index in [1.54, 1.807) is 0 Å². The Hall–Kier alpha value is -1.18. The van der Waals surface area contributed by atoms with Crippen LogP contribution in [0.4, 0.5) is 17.6 Å². The number of hydrogen-bond donors (Lipinski definition) is 3. The third-order valence-electron chi connectivity index (χ3n) is 2.29. The van der Waals surface area contributed by atoms with Crippen molar-refractivity contribution in [3.63, 3.8) is 0 Å². The first-order chi connectivity index (χ1) is 8.37. The van der Waals surface area contributed by atoms with E-state index in [1.807, 2.05) is 0 Å². The van der Waals surface area contributed by atoms with Crippen LogP contribution in [-0.2, 0) is 0 Å². The second-order valence-corrected chi connectivity index (χ2v) is 3.80. The molecular weight excluding hydrogens is 254 g/mol. The van der Waals surface area contributed by atoms with Crippen molar-refractivity contribution < 1.29 is 27.8 Å². The first-order valence-electron chi connectivity index (χ1n) is 5.19. The van der Waals surface area contributed by atoms with Crippen molar-refractivity contribution >= 4 is 0 Å². The fourth-order valence-corrected chi connectivity index (χ4v) is 1.38. The zero-order valence-corrected chi connectivity index (χ0v) is 9.34. The van der Waals surface area contributed by atoms with E-state index in [-0.39, 0.29) is 0 Å². The van der Waals surface area contributed by atoms with Gasteiger partial charge in [-0.2, -0.15) is 0 Å². The van der Waals surface area contributed by atoms with Crippen LogP contribution >= 0.6 is 0 Å². The van der Waals surface area contributed by atoms with Crippen molar-refractivity contribution in [2.75, 3.05) is 19.7 Å². The first-order valence-corrected chi connectivity index (χ1v) is 5.19. The molecule has 0 aromatic heterocycles. The van der Waals surface area contributed by atoms with Crippen LogP contribution in [0.1, 0.15) is 11.7 Å². The van der Waals surface area contributed by atoms with E-state index < -0.39 is 48.9 Å². The van der Waals surface area contributed by atoms with Crippen LogP contribution in [0.15, 0.2) is 18.2 Å². The Labute approximate surface area is 101 Å². The van der Waals surface area contributed by atoms with Crippen LogP contribution in [0.3, 0.4) is 0 Å². The molecular formula is C11H13F4NO2. The van der Waals surface area contributed by atoms with Gasteiger partial charge in [-0.15, -0.1) is 0 Å². The number of rotatable bonds is 6. The zero-order valence-electron chi connectivity index (χ0n) is 9.34. The fraction of sp³-hybridized carbons (Fsp3) is 0.455. The summed E-state index contributed by atoms with van der Waals surface area (Å²) in [7, 11) is 0. The molecule has 1 aromatic rings. The summed E-state index contributed by atoms with van der Waals surface area (Å²) in [6.07, 6.45) is -1.58. The number of alkyl halides is 2. The number of aliphatic hydroxyl groups is 2. The quantitative estimate of drug-likeness (QED) is 0.679. The maximum absolute atomic E-state index is 13.2. The van der Waals surface area contributed by atoms with Gasteiger partial charge in [-0.05, 0) is 12.1 Å². The van der Waals surface area contributed by atoms with Gasteiger partial charge in [0.1, 0.15) is 18.2 Å². The average Bonchev–Trinajstić information content (AvgIpc) is 2.28. The Bertz CT molecular complexity index is 380. The van der Waals surface area contributed by atoms with Crippen LogP contribution in [0.5, 0.6) is 0 Å². The number of nitrogens with one attached hydrogen (secondary N) is 1. The molecule has 0 amide bonds. The molecule has 0 heterocycles. The molecule has 1 atom stereocenters. The Morgan fingerprint density at radius 3 is 2.28 bits per heavy atom. The Balaban J connectivity index is 2.58. The molecule has 0 aliphatic rings. The third kappa shape index (κ3) is 3.94. The maximum atomic E-state index is 13.2. The van der Waals surface area contributed by atoms with E-state index in [9.17, 15) is 22.7 Å². The van der Waals surface area contributed by atoms with E-state index in [4.69, 9.17) is 5.11 Å². The van der Waals surface area contributed by atoms with Crippen molar-refractivity contribution in [1.82, 2.24) is 5.32 Å². The maximum Gasteiger partial charge on any atom is 0.282 e. The van der Waals surface area contributed by atoms with Crippen LogP contribution < -0.4 is 5.32 Å². The molecule has 0 saturated carbocycles. The Morgan fingerprint density at radius 1 is 1.22 bits per heavy atom. The highest BCUT2D eigenvalue weighted by Crippen LogP contribution is 2.20. The molecule has 0 saturated heterocycles. The predicted molar refractivity (Wildman–Crippen MR) is 56.2 cm³/mol. The first kappa shape index (κ1) is 14.9. The molecule has 1 unspecified atom stereocenters. The summed E-state index contributed by atoms with van der Waals surface area (Å²) in [5.74, 6) is -5.23. The summed E-state index contributed by atoms with van der Waals surface area (Å²) in [5, 5.41) is 19.9. The molecule has 0 fully saturated rings. The van der Waals surface area contributed by atoms with Crippen molar-refractivity contribution in [1.29, 1.82) is 0 Å². The molecule has 0 bridgehead atoms. The standard InChI is InChI=1S/C11H13F4NO2/c12-7-2-1-3-8(13)10(7)9(18)4-16-5-11(14,15)6-17/h1-3,9,16-18H,4-6H2. The number of aliphatic hydroxyl groups excluding tert-OH is 2. The average molecular weight is 267 g/mol. The summed E-state index contributed by atoms with van der Waals surface area (Å²) in [6.45, 7) is -2.69. The minimum absolute atomic E-state index is 0.451. The van der Waals surface area contributed by atoms with Crippen LogP contribution in [0, 0.1) is 11.6 Å². The second-order valence-electron chi connectivity index (χ2n) is 3.80. The highest BCUT2D eigenvalue weighted by molar-refractivity contribution is 5.22. The summed E-state index contributed by atoms with van der Waals surface area (Å²) in [4.78, 5) is 0. The van der Waals surface area contributed by atoms with E-state index in [1.165, 1.54) is 0 Å². The van der Waals surface area contributed by atoms with Crippen LogP contribution in [-0.4, -0.2) is 35.8 Å².